The Morgan fingerprint density at radius 2 is 1.65 bits per heavy atom. The summed E-state index contributed by atoms with van der Waals surface area (Å²) in [6.45, 7) is 5.81. The summed E-state index contributed by atoms with van der Waals surface area (Å²) in [5, 5.41) is 22.3. The smallest absolute Gasteiger partial charge is 0.272 e. The fourth-order valence-corrected chi connectivity index (χ4v) is 6.37. The number of piperidine rings is 1. The van der Waals surface area contributed by atoms with Gasteiger partial charge in [0.2, 0.25) is 5.56 Å². The molecule has 4 aromatic rings. The number of pyridine rings is 1. The lowest BCUT2D eigenvalue weighted by Gasteiger charge is -2.32. The lowest BCUT2D eigenvalue weighted by molar-refractivity contribution is 0.0786. The second kappa shape index (κ2) is 14.6. The topological polar surface area (TPSA) is 119 Å². The molecule has 0 spiro atoms. The molecule has 2 fully saturated rings. The number of hydrogen-bond donors (Lipinski definition) is 2. The Morgan fingerprint density at radius 1 is 0.917 bits per heavy atom. The predicted octanol–water partition coefficient (Wildman–Crippen LogP) is 6.22. The number of aromatic nitrogens is 3. The van der Waals surface area contributed by atoms with E-state index in [2.05, 4.69) is 20.4 Å². The summed E-state index contributed by atoms with van der Waals surface area (Å²) in [4.78, 5) is 26.8. The Balaban J connectivity index is 1.01. The van der Waals surface area contributed by atoms with E-state index in [1.54, 1.807) is 39.2 Å². The van der Waals surface area contributed by atoms with E-state index in [0.717, 1.165) is 67.0 Å². The molecule has 10 heteroatoms. The largest absolute Gasteiger partial charge is 0.493 e. The summed E-state index contributed by atoms with van der Waals surface area (Å²) in [5.74, 6) is 3.12. The van der Waals surface area contributed by atoms with E-state index in [1.165, 1.54) is 29.9 Å². The van der Waals surface area contributed by atoms with E-state index in [9.17, 15) is 14.7 Å². The average molecular weight is 652 g/mol. The molecule has 3 heterocycles. The zero-order valence-electron chi connectivity index (χ0n) is 28.0. The number of nitrogens with zero attached hydrogens (tertiary/aromatic N) is 4. The normalized spacial score (nSPS) is 16.0. The van der Waals surface area contributed by atoms with Gasteiger partial charge in [0.05, 0.1) is 12.2 Å². The van der Waals surface area contributed by atoms with Crippen LogP contribution in [0.3, 0.4) is 0 Å². The van der Waals surface area contributed by atoms with Crippen molar-refractivity contribution in [3.05, 3.63) is 94.5 Å². The van der Waals surface area contributed by atoms with Crippen LogP contribution in [0.4, 0.5) is 5.82 Å². The van der Waals surface area contributed by atoms with Crippen LogP contribution in [-0.2, 0) is 12.6 Å². The molecular weight excluding hydrogens is 606 g/mol. The Bertz CT molecular complexity index is 1750. The van der Waals surface area contributed by atoms with Crippen molar-refractivity contribution in [1.29, 1.82) is 0 Å². The van der Waals surface area contributed by atoms with Gasteiger partial charge in [-0.05, 0) is 106 Å². The Labute approximate surface area is 281 Å². The van der Waals surface area contributed by atoms with Gasteiger partial charge in [-0.2, -0.15) is 0 Å². The number of aryl methyl sites for hydroxylation is 1. The molecule has 1 aliphatic heterocycles. The van der Waals surface area contributed by atoms with Gasteiger partial charge in [-0.1, -0.05) is 25.3 Å². The Morgan fingerprint density at radius 3 is 2.31 bits per heavy atom. The molecule has 1 amide bonds. The summed E-state index contributed by atoms with van der Waals surface area (Å²) in [6.07, 6.45) is 9.38. The second-order valence-electron chi connectivity index (χ2n) is 13.5. The van der Waals surface area contributed by atoms with Crippen molar-refractivity contribution >= 4 is 11.7 Å². The molecule has 2 aliphatic rings. The van der Waals surface area contributed by atoms with Crippen LogP contribution in [0.15, 0.2) is 77.7 Å². The fraction of sp³-hybridized carbons (Fsp3) is 0.421. The van der Waals surface area contributed by atoms with Crippen LogP contribution in [0, 0.1) is 5.92 Å². The summed E-state index contributed by atoms with van der Waals surface area (Å²) >= 11 is 0. The molecule has 2 aromatic heterocycles. The number of ether oxygens (including phenoxy) is 2. The average Bonchev–Trinajstić information content (AvgIpc) is 3.09. The monoisotopic (exact) mass is 651 g/mol. The van der Waals surface area contributed by atoms with E-state index < -0.39 is 5.60 Å². The number of hydrogen-bond acceptors (Lipinski definition) is 8. The highest BCUT2D eigenvalue weighted by Gasteiger charge is 2.23. The number of carbonyl (C=O) groups excluding carboxylic acids is 1. The summed E-state index contributed by atoms with van der Waals surface area (Å²) < 4.78 is 14.0. The minimum atomic E-state index is -1.03. The van der Waals surface area contributed by atoms with Gasteiger partial charge < -0.3 is 29.4 Å². The number of rotatable bonds is 10. The standard InChI is InChI=1S/C38H45N5O5/c1-38(2,46)28-10-16-34(32(23-28)27-9-18-36(44)42(3)24-27)48-31-13-11-30(12-14-31)47-25-26-19-21-43(22-20-26)35-17-15-33(40-41-35)37(45)39-29-7-5-4-6-8-29/h9-18,23-24,26,29,46H,4-8,19-22,25H2,1-3H3,(H,39,45). The second-order valence-corrected chi connectivity index (χ2v) is 13.5. The molecule has 1 aliphatic carbocycles. The predicted molar refractivity (Wildman–Crippen MR) is 186 cm³/mol. The molecule has 1 saturated carbocycles. The van der Waals surface area contributed by atoms with E-state index in [1.807, 2.05) is 48.5 Å². The molecule has 2 N–H and O–H groups in total. The highest BCUT2D eigenvalue weighted by atomic mass is 16.5. The molecule has 0 radical (unpaired) electrons. The van der Waals surface area contributed by atoms with Gasteiger partial charge in [-0.3, -0.25) is 9.59 Å². The Hall–Kier alpha value is -4.70. The zero-order chi connectivity index (χ0) is 33.7. The molecule has 1 saturated heterocycles. The van der Waals surface area contributed by atoms with Gasteiger partial charge in [0.15, 0.2) is 11.5 Å². The number of benzene rings is 2. The van der Waals surface area contributed by atoms with E-state index in [-0.39, 0.29) is 17.5 Å². The van der Waals surface area contributed by atoms with Crippen LogP contribution < -0.4 is 25.2 Å². The minimum absolute atomic E-state index is 0.100. The van der Waals surface area contributed by atoms with Crippen LogP contribution in [0.1, 0.15) is 74.8 Å². The molecule has 0 atom stereocenters. The molecule has 0 bridgehead atoms. The number of anilines is 1. The third kappa shape index (κ3) is 8.23. The molecule has 10 nitrogen and oxygen atoms in total. The molecule has 48 heavy (non-hydrogen) atoms. The summed E-state index contributed by atoms with van der Waals surface area (Å²) in [5.41, 5.74) is 1.57. The highest BCUT2D eigenvalue weighted by molar-refractivity contribution is 5.92. The van der Waals surface area contributed by atoms with Crippen LogP contribution in [0.5, 0.6) is 17.2 Å². The van der Waals surface area contributed by atoms with E-state index in [0.29, 0.717) is 29.7 Å². The van der Waals surface area contributed by atoms with Crippen LogP contribution in [0.25, 0.3) is 11.1 Å². The van der Waals surface area contributed by atoms with Crippen molar-refractivity contribution in [3.63, 3.8) is 0 Å². The maximum absolute atomic E-state index is 12.6. The first-order valence-electron chi connectivity index (χ1n) is 17.0. The van der Waals surface area contributed by atoms with E-state index >= 15 is 0 Å². The molecular formula is C38H45N5O5. The van der Waals surface area contributed by atoms with Crippen molar-refractivity contribution in [2.45, 2.75) is 70.4 Å². The molecule has 252 valence electrons. The van der Waals surface area contributed by atoms with Crippen molar-refractivity contribution in [3.8, 4) is 28.4 Å². The summed E-state index contributed by atoms with van der Waals surface area (Å²) in [6, 6.07) is 20.4. The Kier molecular flexibility index (Phi) is 10.1. The maximum atomic E-state index is 12.6. The quantitative estimate of drug-likeness (QED) is 0.208. The first kappa shape index (κ1) is 33.2. The van der Waals surface area contributed by atoms with Gasteiger partial charge in [-0.25, -0.2) is 0 Å². The maximum Gasteiger partial charge on any atom is 0.272 e. The van der Waals surface area contributed by atoms with Gasteiger partial charge in [0, 0.05) is 49.6 Å². The lowest BCUT2D eigenvalue weighted by atomic mass is 9.94. The molecule has 2 aromatic carbocycles. The minimum Gasteiger partial charge on any atom is -0.493 e. The zero-order valence-corrected chi connectivity index (χ0v) is 28.0. The van der Waals surface area contributed by atoms with Crippen molar-refractivity contribution in [2.24, 2.45) is 13.0 Å². The van der Waals surface area contributed by atoms with Crippen molar-refractivity contribution in [1.82, 2.24) is 20.1 Å². The third-order valence-electron chi connectivity index (χ3n) is 9.38. The number of nitrogens with one attached hydrogen (secondary N) is 1. The fourth-order valence-electron chi connectivity index (χ4n) is 6.37. The van der Waals surface area contributed by atoms with Gasteiger partial charge in [-0.15, -0.1) is 10.2 Å². The lowest BCUT2D eigenvalue weighted by Crippen LogP contribution is -2.37. The number of carbonyl (C=O) groups is 1. The first-order chi connectivity index (χ1) is 23.1. The number of amides is 1. The third-order valence-corrected chi connectivity index (χ3v) is 9.38. The van der Waals surface area contributed by atoms with Crippen LogP contribution in [-0.4, -0.2) is 51.5 Å². The van der Waals surface area contributed by atoms with Crippen LogP contribution in [0.2, 0.25) is 0 Å². The van der Waals surface area contributed by atoms with Crippen molar-refractivity contribution in [2.75, 3.05) is 24.6 Å². The van der Waals surface area contributed by atoms with Gasteiger partial charge in [0.25, 0.3) is 5.91 Å². The first-order valence-corrected chi connectivity index (χ1v) is 17.0. The molecule has 0 unspecified atom stereocenters. The van der Waals surface area contributed by atoms with Crippen molar-refractivity contribution < 1.29 is 19.4 Å². The SMILES string of the molecule is Cn1cc(-c2cc(C(C)(C)O)ccc2Oc2ccc(OCC3CCN(c4ccc(C(=O)NC5CCCCC5)nn4)CC3)cc2)ccc1=O. The van der Waals surface area contributed by atoms with Gasteiger partial charge >= 0.3 is 0 Å². The number of aliphatic hydroxyl groups is 1. The van der Waals surface area contributed by atoms with E-state index in [4.69, 9.17) is 9.47 Å². The molecule has 6 rings (SSSR count). The van der Waals surface area contributed by atoms with Gasteiger partial charge in [0.1, 0.15) is 17.2 Å². The highest BCUT2D eigenvalue weighted by Crippen LogP contribution is 2.37. The van der Waals surface area contributed by atoms with Crippen LogP contribution >= 0.6 is 0 Å². The summed E-state index contributed by atoms with van der Waals surface area (Å²) in [7, 11) is 1.71.